The first kappa shape index (κ1) is 9.69. The van der Waals surface area contributed by atoms with Crippen molar-refractivity contribution in [2.75, 3.05) is 6.61 Å². The fourth-order valence-corrected chi connectivity index (χ4v) is 2.35. The quantitative estimate of drug-likeness (QED) is 0.759. The van der Waals surface area contributed by atoms with Crippen molar-refractivity contribution in [3.05, 3.63) is 35.9 Å². The Kier molecular flexibility index (Phi) is 2.13. The zero-order valence-corrected chi connectivity index (χ0v) is 8.53. The van der Waals surface area contributed by atoms with Crippen LogP contribution < -0.4 is 5.73 Å². The molecule has 1 aromatic rings. The van der Waals surface area contributed by atoms with Crippen LogP contribution >= 0.6 is 0 Å². The lowest BCUT2D eigenvalue weighted by Gasteiger charge is -2.18. The number of rotatable bonds is 3. The summed E-state index contributed by atoms with van der Waals surface area (Å²) in [4.78, 5) is 0. The van der Waals surface area contributed by atoms with Crippen LogP contribution in [0.1, 0.15) is 25.3 Å². The molecule has 0 radical (unpaired) electrons. The number of nitrogens with two attached hydrogens (primary N) is 1. The Bertz CT molecular complexity index is 324. The highest BCUT2D eigenvalue weighted by Crippen LogP contribution is 2.57. The number of benzene rings is 1. The molecule has 0 spiro atoms. The van der Waals surface area contributed by atoms with E-state index in [4.69, 9.17) is 10.8 Å². The molecule has 0 amide bonds. The van der Waals surface area contributed by atoms with E-state index < -0.39 is 0 Å². The van der Waals surface area contributed by atoms with E-state index in [9.17, 15) is 0 Å². The number of hydrogen-bond donors (Lipinski definition) is 2. The van der Waals surface area contributed by atoms with E-state index in [1.165, 1.54) is 5.56 Å². The number of aliphatic hydroxyl groups is 1. The smallest absolute Gasteiger partial charge is 0.0448 e. The average Bonchev–Trinajstić information content (AvgIpc) is 2.73. The largest absolute Gasteiger partial charge is 0.396 e. The molecule has 2 nitrogen and oxygen atoms in total. The molecule has 1 saturated carbocycles. The summed E-state index contributed by atoms with van der Waals surface area (Å²) in [5.74, 6) is 0. The van der Waals surface area contributed by atoms with Gasteiger partial charge < -0.3 is 10.8 Å². The monoisotopic (exact) mass is 191 g/mol. The first-order valence-electron chi connectivity index (χ1n) is 5.08. The SMILES string of the molecule is C[C@@]1(c2ccccc2)C[C@]1(N)CCO. The van der Waals surface area contributed by atoms with Gasteiger partial charge in [0.25, 0.3) is 0 Å². The summed E-state index contributed by atoms with van der Waals surface area (Å²) < 4.78 is 0. The van der Waals surface area contributed by atoms with Gasteiger partial charge in [0.1, 0.15) is 0 Å². The fraction of sp³-hybridized carbons (Fsp3) is 0.500. The summed E-state index contributed by atoms with van der Waals surface area (Å²) in [6, 6.07) is 10.3. The van der Waals surface area contributed by atoms with Crippen molar-refractivity contribution in [1.29, 1.82) is 0 Å². The van der Waals surface area contributed by atoms with E-state index in [-0.39, 0.29) is 17.6 Å². The van der Waals surface area contributed by atoms with Gasteiger partial charge in [0.05, 0.1) is 0 Å². The molecule has 2 rings (SSSR count). The second kappa shape index (κ2) is 3.07. The highest BCUT2D eigenvalue weighted by Gasteiger charge is 2.61. The van der Waals surface area contributed by atoms with Crippen LogP contribution in [0, 0.1) is 0 Å². The van der Waals surface area contributed by atoms with Gasteiger partial charge in [-0.15, -0.1) is 0 Å². The first-order valence-corrected chi connectivity index (χ1v) is 5.08. The van der Waals surface area contributed by atoms with E-state index >= 15 is 0 Å². The van der Waals surface area contributed by atoms with Gasteiger partial charge in [-0.3, -0.25) is 0 Å². The topological polar surface area (TPSA) is 46.2 Å². The van der Waals surface area contributed by atoms with Gasteiger partial charge in [-0.05, 0) is 18.4 Å². The number of aliphatic hydroxyl groups excluding tert-OH is 1. The summed E-state index contributed by atoms with van der Waals surface area (Å²) in [6.07, 6.45) is 1.67. The van der Waals surface area contributed by atoms with Crippen molar-refractivity contribution in [2.24, 2.45) is 5.73 Å². The van der Waals surface area contributed by atoms with Crippen molar-refractivity contribution in [3.63, 3.8) is 0 Å². The molecule has 0 bridgehead atoms. The Morgan fingerprint density at radius 3 is 2.57 bits per heavy atom. The van der Waals surface area contributed by atoms with E-state index in [1.54, 1.807) is 0 Å². The summed E-state index contributed by atoms with van der Waals surface area (Å²) >= 11 is 0. The van der Waals surface area contributed by atoms with Crippen molar-refractivity contribution >= 4 is 0 Å². The Morgan fingerprint density at radius 1 is 1.36 bits per heavy atom. The molecule has 1 aliphatic rings. The van der Waals surface area contributed by atoms with E-state index in [0.717, 1.165) is 6.42 Å². The molecular formula is C12H17NO. The van der Waals surface area contributed by atoms with Crippen LogP contribution in [0.4, 0.5) is 0 Å². The maximum atomic E-state index is 8.94. The molecule has 3 N–H and O–H groups in total. The van der Waals surface area contributed by atoms with Crippen LogP contribution in [0.25, 0.3) is 0 Å². The first-order chi connectivity index (χ1) is 6.62. The van der Waals surface area contributed by atoms with Gasteiger partial charge in [-0.1, -0.05) is 37.3 Å². The molecule has 0 saturated heterocycles. The fourth-order valence-electron chi connectivity index (χ4n) is 2.35. The molecule has 1 aromatic carbocycles. The third-order valence-corrected chi connectivity index (χ3v) is 3.61. The zero-order chi connectivity index (χ0) is 10.2. The summed E-state index contributed by atoms with van der Waals surface area (Å²) in [7, 11) is 0. The van der Waals surface area contributed by atoms with Crippen LogP contribution in [0.2, 0.25) is 0 Å². The van der Waals surface area contributed by atoms with Crippen LogP contribution in [-0.4, -0.2) is 17.3 Å². The minimum Gasteiger partial charge on any atom is -0.396 e. The Hall–Kier alpha value is -0.860. The molecule has 0 aromatic heterocycles. The van der Waals surface area contributed by atoms with Crippen molar-refractivity contribution in [2.45, 2.75) is 30.7 Å². The van der Waals surface area contributed by atoms with Gasteiger partial charge in [-0.2, -0.15) is 0 Å². The van der Waals surface area contributed by atoms with Crippen LogP contribution in [0.5, 0.6) is 0 Å². The minimum atomic E-state index is -0.191. The third kappa shape index (κ3) is 1.26. The van der Waals surface area contributed by atoms with Gasteiger partial charge in [-0.25, -0.2) is 0 Å². The molecule has 0 unspecified atom stereocenters. The van der Waals surface area contributed by atoms with E-state index in [2.05, 4.69) is 19.1 Å². The molecule has 0 heterocycles. The average molecular weight is 191 g/mol. The van der Waals surface area contributed by atoms with Crippen LogP contribution in [0.15, 0.2) is 30.3 Å². The maximum Gasteiger partial charge on any atom is 0.0448 e. The normalized spacial score (nSPS) is 35.6. The molecule has 1 fully saturated rings. The summed E-state index contributed by atoms with van der Waals surface area (Å²) in [6.45, 7) is 2.36. The van der Waals surface area contributed by atoms with Gasteiger partial charge >= 0.3 is 0 Å². The molecular weight excluding hydrogens is 174 g/mol. The van der Waals surface area contributed by atoms with Crippen LogP contribution in [0.3, 0.4) is 0 Å². The minimum absolute atomic E-state index is 0.0665. The van der Waals surface area contributed by atoms with Gasteiger partial charge in [0.15, 0.2) is 0 Å². The predicted octanol–water partition coefficient (Wildman–Crippen LogP) is 1.43. The standard InChI is InChI=1S/C12H17NO/c1-11(9-12(11,13)7-8-14)10-5-3-2-4-6-10/h2-6,14H,7-9,13H2,1H3/t11-,12+/m0/s1. The van der Waals surface area contributed by atoms with E-state index in [0.29, 0.717) is 6.42 Å². The van der Waals surface area contributed by atoms with Gasteiger partial charge in [0, 0.05) is 17.6 Å². The van der Waals surface area contributed by atoms with Crippen molar-refractivity contribution in [3.8, 4) is 0 Å². The second-order valence-corrected chi connectivity index (χ2v) is 4.50. The predicted molar refractivity (Wildman–Crippen MR) is 57.0 cm³/mol. The highest BCUT2D eigenvalue weighted by molar-refractivity contribution is 5.40. The molecule has 0 aliphatic heterocycles. The zero-order valence-electron chi connectivity index (χ0n) is 8.53. The molecule has 14 heavy (non-hydrogen) atoms. The molecule has 2 heteroatoms. The lowest BCUT2D eigenvalue weighted by atomic mass is 9.91. The molecule has 76 valence electrons. The van der Waals surface area contributed by atoms with E-state index in [1.807, 2.05) is 18.2 Å². The Balaban J connectivity index is 2.22. The highest BCUT2D eigenvalue weighted by atomic mass is 16.3. The molecule has 2 atom stereocenters. The Labute approximate surface area is 84.7 Å². The lowest BCUT2D eigenvalue weighted by Crippen LogP contribution is -2.32. The summed E-state index contributed by atoms with van der Waals surface area (Å²) in [5.41, 5.74) is 7.37. The van der Waals surface area contributed by atoms with Crippen molar-refractivity contribution in [1.82, 2.24) is 0 Å². The van der Waals surface area contributed by atoms with Crippen molar-refractivity contribution < 1.29 is 5.11 Å². The second-order valence-electron chi connectivity index (χ2n) is 4.50. The Morgan fingerprint density at radius 2 is 2.00 bits per heavy atom. The number of hydrogen-bond acceptors (Lipinski definition) is 2. The van der Waals surface area contributed by atoms with Crippen LogP contribution in [-0.2, 0) is 5.41 Å². The molecule has 1 aliphatic carbocycles. The lowest BCUT2D eigenvalue weighted by molar-refractivity contribution is 0.265. The summed E-state index contributed by atoms with van der Waals surface area (Å²) in [5, 5.41) is 8.94. The third-order valence-electron chi connectivity index (χ3n) is 3.61. The maximum absolute atomic E-state index is 8.94. The van der Waals surface area contributed by atoms with Gasteiger partial charge in [0.2, 0.25) is 0 Å².